The molecule has 2 fully saturated rings. The number of fused-ring (bicyclic) bond motifs is 3. The molecule has 194 valence electrons. The van der Waals surface area contributed by atoms with Crippen LogP contribution in [0.4, 0.5) is 0 Å². The van der Waals surface area contributed by atoms with Gasteiger partial charge in [0, 0.05) is 48.7 Å². The van der Waals surface area contributed by atoms with E-state index in [1.807, 2.05) is 30.5 Å². The number of hydrogen-bond acceptors (Lipinski definition) is 6. The van der Waals surface area contributed by atoms with Crippen LogP contribution in [0.15, 0.2) is 36.5 Å². The fourth-order valence-corrected chi connectivity index (χ4v) is 5.74. The van der Waals surface area contributed by atoms with Crippen molar-refractivity contribution in [2.24, 2.45) is 11.7 Å². The fourth-order valence-electron chi connectivity index (χ4n) is 5.74. The summed E-state index contributed by atoms with van der Waals surface area (Å²) in [7, 11) is 0. The second-order valence-electron chi connectivity index (χ2n) is 10.3. The molecule has 1 saturated carbocycles. The van der Waals surface area contributed by atoms with Crippen LogP contribution in [0.2, 0.25) is 0 Å². The Morgan fingerprint density at radius 3 is 2.70 bits per heavy atom. The van der Waals surface area contributed by atoms with Crippen LogP contribution >= 0.6 is 0 Å². The molecule has 1 unspecified atom stereocenters. The van der Waals surface area contributed by atoms with Gasteiger partial charge in [0.15, 0.2) is 0 Å². The summed E-state index contributed by atoms with van der Waals surface area (Å²) < 4.78 is 11.4. The molecule has 1 aliphatic heterocycles. The highest BCUT2D eigenvalue weighted by Crippen LogP contribution is 2.43. The predicted octanol–water partition coefficient (Wildman–Crippen LogP) is 4.05. The van der Waals surface area contributed by atoms with E-state index in [0.717, 1.165) is 97.9 Å². The van der Waals surface area contributed by atoms with E-state index in [2.05, 4.69) is 16.0 Å². The fraction of sp³-hybridized carbons (Fsp3) is 0.448. The van der Waals surface area contributed by atoms with Gasteiger partial charge in [0.1, 0.15) is 12.4 Å². The average Bonchev–Trinajstić information content (AvgIpc) is 3.29. The number of aromatic carboxylic acids is 1. The number of benzene rings is 1. The molecule has 3 heterocycles. The van der Waals surface area contributed by atoms with Crippen LogP contribution in [0.3, 0.4) is 0 Å². The molecule has 8 nitrogen and oxygen atoms in total. The first-order valence-electron chi connectivity index (χ1n) is 13.3. The van der Waals surface area contributed by atoms with Crippen molar-refractivity contribution in [2.45, 2.75) is 38.1 Å². The van der Waals surface area contributed by atoms with Crippen LogP contribution in [0.5, 0.6) is 5.75 Å². The number of aryl methyl sites for hydroxylation is 1. The first-order chi connectivity index (χ1) is 18.1. The Labute approximate surface area is 216 Å². The number of aromatic amines is 1. The molecule has 6 rings (SSSR count). The smallest absolute Gasteiger partial charge is 0.337 e. The lowest BCUT2D eigenvalue weighted by Crippen LogP contribution is -2.38. The minimum Gasteiger partial charge on any atom is -0.492 e. The van der Waals surface area contributed by atoms with Crippen LogP contribution in [0.1, 0.15) is 52.5 Å². The summed E-state index contributed by atoms with van der Waals surface area (Å²) in [5.74, 6) is 0.284. The van der Waals surface area contributed by atoms with Gasteiger partial charge in [-0.3, -0.25) is 9.88 Å². The summed E-state index contributed by atoms with van der Waals surface area (Å²) in [6, 6.07) is 9.81. The zero-order chi connectivity index (χ0) is 25.4. The number of carboxylic acids is 1. The van der Waals surface area contributed by atoms with Gasteiger partial charge >= 0.3 is 5.97 Å². The minimum absolute atomic E-state index is 0.272. The molecule has 1 aromatic carbocycles. The maximum Gasteiger partial charge on any atom is 0.337 e. The molecular weight excluding hydrogens is 468 g/mol. The van der Waals surface area contributed by atoms with Crippen molar-refractivity contribution in [1.29, 1.82) is 0 Å². The zero-order valence-corrected chi connectivity index (χ0v) is 21.0. The number of nitrogens with one attached hydrogen (secondary N) is 1. The van der Waals surface area contributed by atoms with E-state index >= 15 is 0 Å². The topological polar surface area (TPSA) is 114 Å². The van der Waals surface area contributed by atoms with Crippen LogP contribution in [-0.2, 0) is 17.6 Å². The summed E-state index contributed by atoms with van der Waals surface area (Å²) in [6.07, 6.45) is 6.64. The van der Waals surface area contributed by atoms with E-state index in [1.54, 1.807) is 0 Å². The molecule has 8 heteroatoms. The van der Waals surface area contributed by atoms with E-state index in [1.165, 1.54) is 0 Å². The highest BCUT2D eigenvalue weighted by molar-refractivity contribution is 5.95. The van der Waals surface area contributed by atoms with Crippen molar-refractivity contribution < 1.29 is 19.4 Å². The Morgan fingerprint density at radius 1 is 1.22 bits per heavy atom. The first-order valence-corrected chi connectivity index (χ1v) is 13.3. The molecule has 2 aliphatic carbocycles. The van der Waals surface area contributed by atoms with Gasteiger partial charge in [-0.2, -0.15) is 0 Å². The van der Waals surface area contributed by atoms with Gasteiger partial charge in [-0.15, -0.1) is 0 Å². The molecule has 0 spiro atoms. The highest BCUT2D eigenvalue weighted by atomic mass is 16.5. The van der Waals surface area contributed by atoms with Gasteiger partial charge in [0.2, 0.25) is 0 Å². The Balaban J connectivity index is 1.22. The molecule has 3 aliphatic rings. The second-order valence-corrected chi connectivity index (χ2v) is 10.3. The third-order valence-electron chi connectivity index (χ3n) is 8.17. The highest BCUT2D eigenvalue weighted by Gasteiger charge is 2.34. The van der Waals surface area contributed by atoms with Crippen LogP contribution in [0.25, 0.3) is 22.5 Å². The summed E-state index contributed by atoms with van der Waals surface area (Å²) in [5.41, 5.74) is 13.3. The maximum atomic E-state index is 12.3. The first kappa shape index (κ1) is 24.2. The summed E-state index contributed by atoms with van der Waals surface area (Å²) in [6.45, 7) is 5.02. The number of nitrogens with zero attached hydrogens (tertiary/aromatic N) is 2. The van der Waals surface area contributed by atoms with Gasteiger partial charge in [-0.05, 0) is 73.1 Å². The number of aromatic nitrogens is 2. The lowest BCUT2D eigenvalue weighted by Gasteiger charge is -2.31. The van der Waals surface area contributed by atoms with Crippen molar-refractivity contribution in [3.05, 3.63) is 58.9 Å². The second kappa shape index (κ2) is 10.3. The number of ether oxygens (including phenoxy) is 2. The van der Waals surface area contributed by atoms with Crippen molar-refractivity contribution >= 4 is 5.97 Å². The average molecular weight is 503 g/mol. The van der Waals surface area contributed by atoms with Crippen LogP contribution in [0, 0.1) is 5.92 Å². The number of carbonyl (C=O) groups is 1. The molecule has 2 aromatic heterocycles. The third-order valence-corrected chi connectivity index (χ3v) is 8.17. The number of nitrogens with two attached hydrogens (primary N) is 1. The lowest BCUT2D eigenvalue weighted by atomic mass is 9.78. The van der Waals surface area contributed by atoms with Crippen molar-refractivity contribution in [1.82, 2.24) is 14.9 Å². The van der Waals surface area contributed by atoms with Gasteiger partial charge < -0.3 is 25.3 Å². The molecular formula is C29H34N4O4. The molecule has 4 N–H and O–H groups in total. The third kappa shape index (κ3) is 4.77. The number of hydrogen-bond donors (Lipinski definition) is 3. The van der Waals surface area contributed by atoms with Gasteiger partial charge in [0.05, 0.1) is 30.2 Å². The number of rotatable bonds is 8. The zero-order valence-electron chi connectivity index (χ0n) is 21.0. The van der Waals surface area contributed by atoms with E-state index in [4.69, 9.17) is 20.2 Å². The van der Waals surface area contributed by atoms with Crippen molar-refractivity contribution in [3.8, 4) is 28.3 Å². The summed E-state index contributed by atoms with van der Waals surface area (Å²) in [4.78, 5) is 22.8. The molecule has 3 aromatic rings. The number of carboxylic acid groups (broad SMARTS) is 1. The largest absolute Gasteiger partial charge is 0.492 e. The Kier molecular flexibility index (Phi) is 6.71. The molecule has 0 bridgehead atoms. The van der Waals surface area contributed by atoms with Crippen molar-refractivity contribution in [2.75, 3.05) is 39.5 Å². The molecule has 0 radical (unpaired) electrons. The minimum atomic E-state index is -0.899. The Bertz CT molecular complexity index is 1280. The molecule has 0 amide bonds. The summed E-state index contributed by atoms with van der Waals surface area (Å²) >= 11 is 0. The van der Waals surface area contributed by atoms with Crippen molar-refractivity contribution in [3.63, 3.8) is 0 Å². The van der Waals surface area contributed by atoms with Gasteiger partial charge in [-0.25, -0.2) is 4.79 Å². The standard InChI is InChI=1S/C29H34N4O4/c30-26(19-2-1-3-19)28-25(29(34)35)22-9-6-20-17-31-24(16-23(20)27(22)32-28)18-4-7-21(8-5-18)37-15-12-33-10-13-36-14-11-33/h4-5,7-8,16-17,19,26,32H,1-3,6,9-15,30H2,(H,34,35). The Morgan fingerprint density at radius 2 is 2.00 bits per heavy atom. The van der Waals surface area contributed by atoms with Crippen LogP contribution in [-0.4, -0.2) is 65.4 Å². The van der Waals surface area contributed by atoms with Gasteiger partial charge in [-0.1, -0.05) is 6.42 Å². The molecule has 1 saturated heterocycles. The van der Waals surface area contributed by atoms with Crippen LogP contribution < -0.4 is 10.5 Å². The summed E-state index contributed by atoms with van der Waals surface area (Å²) in [5, 5.41) is 10.1. The van der Waals surface area contributed by atoms with Gasteiger partial charge in [0.25, 0.3) is 0 Å². The SMILES string of the molecule is NC(c1[nH]c2c(c1C(=O)O)CCc1cnc(-c3ccc(OCCN4CCOCC4)cc3)cc1-2)C1CCC1. The number of H-pyrrole nitrogens is 1. The lowest BCUT2D eigenvalue weighted by molar-refractivity contribution is 0.0322. The monoisotopic (exact) mass is 502 g/mol. The number of morpholine rings is 1. The Hall–Kier alpha value is -3.20. The van der Waals surface area contributed by atoms with E-state index in [9.17, 15) is 9.90 Å². The normalized spacial score (nSPS) is 18.5. The van der Waals surface area contributed by atoms with E-state index < -0.39 is 5.97 Å². The van der Waals surface area contributed by atoms with E-state index in [-0.39, 0.29) is 6.04 Å². The quantitative estimate of drug-likeness (QED) is 0.426. The van der Waals surface area contributed by atoms with E-state index in [0.29, 0.717) is 30.2 Å². The predicted molar refractivity (Wildman–Crippen MR) is 141 cm³/mol. The molecule has 1 atom stereocenters. The number of pyridine rings is 1. The maximum absolute atomic E-state index is 12.3. The molecule has 37 heavy (non-hydrogen) atoms.